The molecule has 2 aromatic rings. The maximum atomic E-state index is 13.6. The average Bonchev–Trinajstić information content (AvgIpc) is 3.09. The normalized spacial score (nSPS) is 14.2. The van der Waals surface area contributed by atoms with E-state index in [4.69, 9.17) is 9.68 Å². The predicted octanol–water partition coefficient (Wildman–Crippen LogP) is 2.93. The summed E-state index contributed by atoms with van der Waals surface area (Å²) in [4.78, 5) is 4.01. The molecule has 1 aromatic carbocycles. The van der Waals surface area contributed by atoms with E-state index in [1.807, 2.05) is 6.07 Å². The lowest BCUT2D eigenvalue weighted by Crippen LogP contribution is -2.00. The van der Waals surface area contributed by atoms with Gasteiger partial charge in [-0.25, -0.2) is 4.39 Å². The lowest BCUT2D eigenvalue weighted by atomic mass is 10.2. The first-order chi connectivity index (χ1) is 8.78. The number of aromatic nitrogens is 1. The summed E-state index contributed by atoms with van der Waals surface area (Å²) >= 11 is 0. The second kappa shape index (κ2) is 4.15. The summed E-state index contributed by atoms with van der Waals surface area (Å²) in [5.74, 6) is 0.0484. The van der Waals surface area contributed by atoms with Crippen LogP contribution in [0.15, 0.2) is 28.7 Å². The molecule has 5 heteroatoms. The summed E-state index contributed by atoms with van der Waals surface area (Å²) in [6.07, 6.45) is 2.11. The number of hydrogen-bond acceptors (Lipinski definition) is 4. The fraction of sp³-hybridized carbons (Fsp3) is 0.231. The Bertz CT molecular complexity index is 625. The highest BCUT2D eigenvalue weighted by molar-refractivity contribution is 5.59. The van der Waals surface area contributed by atoms with Crippen LogP contribution in [-0.2, 0) is 0 Å². The van der Waals surface area contributed by atoms with Crippen LogP contribution in [-0.4, -0.2) is 11.0 Å². The Balaban J connectivity index is 2.00. The maximum Gasteiger partial charge on any atom is 0.233 e. The maximum absolute atomic E-state index is 13.6. The number of benzene rings is 1. The van der Waals surface area contributed by atoms with Crippen molar-refractivity contribution in [2.45, 2.75) is 18.9 Å². The van der Waals surface area contributed by atoms with Gasteiger partial charge in [0.25, 0.3) is 0 Å². The highest BCUT2D eigenvalue weighted by Gasteiger charge is 2.25. The summed E-state index contributed by atoms with van der Waals surface area (Å²) in [5.41, 5.74) is 0.429. The third kappa shape index (κ3) is 1.93. The van der Waals surface area contributed by atoms with Gasteiger partial charge in [0, 0.05) is 6.04 Å². The third-order valence-corrected chi connectivity index (χ3v) is 2.75. The van der Waals surface area contributed by atoms with Crippen LogP contribution in [0.1, 0.15) is 18.5 Å². The van der Waals surface area contributed by atoms with E-state index in [1.54, 1.807) is 18.2 Å². The average molecular weight is 243 g/mol. The second-order valence-corrected chi connectivity index (χ2v) is 4.21. The van der Waals surface area contributed by atoms with Gasteiger partial charge in [-0.2, -0.15) is 10.2 Å². The standard InChI is InChI=1S/C13H10FN3O/c14-10-4-2-1-3-9(10)12-17-11(7-15)13(18-12)16-8-5-6-8/h1-4,8,16H,5-6H2. The van der Waals surface area contributed by atoms with Gasteiger partial charge in [0.15, 0.2) is 0 Å². The number of nitriles is 1. The first-order valence-corrected chi connectivity index (χ1v) is 5.70. The summed E-state index contributed by atoms with van der Waals surface area (Å²) < 4.78 is 19.0. The van der Waals surface area contributed by atoms with Crippen LogP contribution in [0.25, 0.3) is 11.5 Å². The zero-order valence-corrected chi connectivity index (χ0v) is 9.48. The van der Waals surface area contributed by atoms with E-state index in [2.05, 4.69) is 10.3 Å². The molecular weight excluding hydrogens is 233 g/mol. The van der Waals surface area contributed by atoms with Gasteiger partial charge in [0.1, 0.15) is 11.9 Å². The Morgan fingerprint density at radius 3 is 2.83 bits per heavy atom. The largest absolute Gasteiger partial charge is 0.419 e. The fourth-order valence-corrected chi connectivity index (χ4v) is 1.66. The molecule has 1 saturated carbocycles. The summed E-state index contributed by atoms with van der Waals surface area (Å²) in [6, 6.07) is 8.49. The first kappa shape index (κ1) is 10.8. The topological polar surface area (TPSA) is 61.9 Å². The Kier molecular flexibility index (Phi) is 2.49. The van der Waals surface area contributed by atoms with Crippen LogP contribution in [0.4, 0.5) is 10.3 Å². The monoisotopic (exact) mass is 243 g/mol. The van der Waals surface area contributed by atoms with Crippen LogP contribution in [0.3, 0.4) is 0 Å². The second-order valence-electron chi connectivity index (χ2n) is 4.21. The Labute approximate surface area is 103 Å². The molecule has 18 heavy (non-hydrogen) atoms. The number of nitrogens with one attached hydrogen (secondary N) is 1. The van der Waals surface area contributed by atoms with Gasteiger partial charge in [0.2, 0.25) is 17.5 Å². The zero-order valence-electron chi connectivity index (χ0n) is 9.48. The third-order valence-electron chi connectivity index (χ3n) is 2.75. The molecule has 90 valence electrons. The number of oxazole rings is 1. The molecule has 0 aliphatic heterocycles. The molecule has 3 rings (SSSR count). The zero-order chi connectivity index (χ0) is 12.5. The molecule has 0 saturated heterocycles. The van der Waals surface area contributed by atoms with E-state index in [0.29, 0.717) is 11.9 Å². The molecule has 1 N–H and O–H groups in total. The molecule has 0 bridgehead atoms. The van der Waals surface area contributed by atoms with E-state index in [-0.39, 0.29) is 17.1 Å². The lowest BCUT2D eigenvalue weighted by Gasteiger charge is -1.98. The number of halogens is 1. The van der Waals surface area contributed by atoms with Crippen LogP contribution >= 0.6 is 0 Å². The number of rotatable bonds is 3. The van der Waals surface area contributed by atoms with Crippen molar-refractivity contribution < 1.29 is 8.81 Å². The predicted molar refractivity (Wildman–Crippen MR) is 63.3 cm³/mol. The Morgan fingerprint density at radius 1 is 1.39 bits per heavy atom. The smallest absolute Gasteiger partial charge is 0.233 e. The minimum Gasteiger partial charge on any atom is -0.419 e. The van der Waals surface area contributed by atoms with Gasteiger partial charge >= 0.3 is 0 Å². The van der Waals surface area contributed by atoms with E-state index in [9.17, 15) is 4.39 Å². The van der Waals surface area contributed by atoms with Gasteiger partial charge in [-0.3, -0.25) is 0 Å². The van der Waals surface area contributed by atoms with Gasteiger partial charge in [-0.1, -0.05) is 12.1 Å². The molecule has 1 aliphatic rings. The van der Waals surface area contributed by atoms with Crippen molar-refractivity contribution in [3.05, 3.63) is 35.8 Å². The fourth-order valence-electron chi connectivity index (χ4n) is 1.66. The quantitative estimate of drug-likeness (QED) is 0.900. The van der Waals surface area contributed by atoms with E-state index in [1.165, 1.54) is 6.07 Å². The van der Waals surface area contributed by atoms with E-state index >= 15 is 0 Å². The highest BCUT2D eigenvalue weighted by atomic mass is 19.1. The van der Waals surface area contributed by atoms with Gasteiger partial charge in [-0.15, -0.1) is 0 Å². The number of nitrogens with zero attached hydrogens (tertiary/aromatic N) is 2. The molecule has 1 aliphatic carbocycles. The Hall–Kier alpha value is -2.35. The molecule has 0 spiro atoms. The Morgan fingerprint density at radius 2 is 2.17 bits per heavy atom. The molecule has 1 aromatic heterocycles. The van der Waals surface area contributed by atoms with Crippen molar-refractivity contribution in [2.24, 2.45) is 0 Å². The molecule has 4 nitrogen and oxygen atoms in total. The molecule has 0 amide bonds. The molecular formula is C13H10FN3O. The van der Waals surface area contributed by atoms with Gasteiger partial charge < -0.3 is 9.73 Å². The van der Waals surface area contributed by atoms with Crippen molar-refractivity contribution in [1.82, 2.24) is 4.98 Å². The van der Waals surface area contributed by atoms with Crippen LogP contribution in [0.2, 0.25) is 0 Å². The van der Waals surface area contributed by atoms with Gasteiger partial charge in [0.05, 0.1) is 5.56 Å². The van der Waals surface area contributed by atoms with Gasteiger partial charge in [-0.05, 0) is 25.0 Å². The molecule has 0 radical (unpaired) electrons. The van der Waals surface area contributed by atoms with Crippen molar-refractivity contribution in [3.63, 3.8) is 0 Å². The number of hydrogen-bond donors (Lipinski definition) is 1. The van der Waals surface area contributed by atoms with Crippen molar-refractivity contribution >= 4 is 5.88 Å². The van der Waals surface area contributed by atoms with Crippen molar-refractivity contribution in [2.75, 3.05) is 5.32 Å². The molecule has 1 fully saturated rings. The number of anilines is 1. The van der Waals surface area contributed by atoms with Crippen LogP contribution < -0.4 is 5.32 Å². The van der Waals surface area contributed by atoms with Crippen LogP contribution in [0.5, 0.6) is 0 Å². The minimum atomic E-state index is -0.416. The summed E-state index contributed by atoms with van der Waals surface area (Å²) in [7, 11) is 0. The molecule has 1 heterocycles. The van der Waals surface area contributed by atoms with E-state index < -0.39 is 5.82 Å². The van der Waals surface area contributed by atoms with Crippen molar-refractivity contribution in [1.29, 1.82) is 5.26 Å². The lowest BCUT2D eigenvalue weighted by molar-refractivity contribution is 0.570. The van der Waals surface area contributed by atoms with Crippen molar-refractivity contribution in [3.8, 4) is 17.5 Å². The first-order valence-electron chi connectivity index (χ1n) is 5.70. The SMILES string of the molecule is N#Cc1nc(-c2ccccc2F)oc1NC1CC1. The summed E-state index contributed by atoms with van der Waals surface area (Å²) in [6.45, 7) is 0. The minimum absolute atomic E-state index is 0.132. The highest BCUT2D eigenvalue weighted by Crippen LogP contribution is 2.31. The van der Waals surface area contributed by atoms with Crippen LogP contribution in [0, 0.1) is 17.1 Å². The molecule has 0 unspecified atom stereocenters. The molecule has 0 atom stereocenters. The van der Waals surface area contributed by atoms with E-state index in [0.717, 1.165) is 12.8 Å². The summed E-state index contributed by atoms with van der Waals surface area (Å²) in [5, 5.41) is 12.0.